The Labute approximate surface area is 158 Å². The summed E-state index contributed by atoms with van der Waals surface area (Å²) in [5.41, 5.74) is 2.65. The second-order valence-corrected chi connectivity index (χ2v) is 6.90. The summed E-state index contributed by atoms with van der Waals surface area (Å²) < 4.78 is 6.87. The molecule has 4 aromatic rings. The Morgan fingerprint density at radius 1 is 1.00 bits per heavy atom. The Morgan fingerprint density at radius 2 is 1.77 bits per heavy atom. The van der Waals surface area contributed by atoms with Crippen LogP contribution in [0.15, 0.2) is 70.3 Å². The van der Waals surface area contributed by atoms with Gasteiger partial charge in [0.25, 0.3) is 0 Å². The Morgan fingerprint density at radius 3 is 2.54 bits per heavy atom. The number of nitrogens with two attached hydrogens (primary N) is 1. The molecular weight excluding hydrogens is 370 g/mol. The highest BCUT2D eigenvalue weighted by Crippen LogP contribution is 2.27. The quantitative estimate of drug-likeness (QED) is 0.409. The van der Waals surface area contributed by atoms with Crippen molar-refractivity contribution in [1.29, 1.82) is 0 Å². The zero-order valence-corrected chi connectivity index (χ0v) is 15.1. The van der Waals surface area contributed by atoms with Gasteiger partial charge in [0, 0.05) is 28.0 Å². The molecule has 0 unspecified atom stereocenters. The number of hydrogen-bond acceptors (Lipinski definition) is 6. The smallest absolute Gasteiger partial charge is 0.210 e. The summed E-state index contributed by atoms with van der Waals surface area (Å²) in [6, 6.07) is 19.0. The lowest BCUT2D eigenvalue weighted by atomic mass is 10.2. The van der Waals surface area contributed by atoms with Gasteiger partial charge < -0.3 is 10.4 Å². The molecule has 0 saturated carbocycles. The van der Waals surface area contributed by atoms with E-state index in [2.05, 4.69) is 15.4 Å². The number of hydrogen-bond donors (Lipinski definition) is 1. The molecule has 0 atom stereocenters. The van der Waals surface area contributed by atoms with Crippen LogP contribution in [0.2, 0.25) is 5.02 Å². The number of rotatable bonds is 5. The molecule has 2 N–H and O–H groups in total. The Hall–Kier alpha value is -2.77. The van der Waals surface area contributed by atoms with Crippen molar-refractivity contribution in [3.8, 4) is 22.7 Å². The molecule has 4 rings (SSSR count). The van der Waals surface area contributed by atoms with Crippen LogP contribution in [-0.2, 0) is 5.75 Å². The third-order valence-corrected chi connectivity index (χ3v) is 4.96. The van der Waals surface area contributed by atoms with Crippen LogP contribution in [0.4, 0.5) is 0 Å². The van der Waals surface area contributed by atoms with Gasteiger partial charge in [-0.15, -0.1) is 10.2 Å². The zero-order valence-electron chi connectivity index (χ0n) is 13.5. The number of halogens is 1. The first-order chi connectivity index (χ1) is 12.7. The van der Waals surface area contributed by atoms with Gasteiger partial charge in [0.15, 0.2) is 11.6 Å². The molecule has 2 heterocycles. The van der Waals surface area contributed by atoms with Crippen molar-refractivity contribution in [2.24, 2.45) is 0 Å². The maximum Gasteiger partial charge on any atom is 0.210 e. The van der Waals surface area contributed by atoms with E-state index in [1.54, 1.807) is 12.1 Å². The molecule has 0 fully saturated rings. The number of nitrogen functional groups attached to an aromatic ring is 1. The third kappa shape index (κ3) is 3.44. The molecule has 0 radical (unpaired) electrons. The van der Waals surface area contributed by atoms with Gasteiger partial charge in [-0.1, -0.05) is 58.9 Å². The minimum Gasteiger partial charge on any atom is -0.356 e. The van der Waals surface area contributed by atoms with Gasteiger partial charge in [0.2, 0.25) is 5.16 Å². The topological polar surface area (TPSA) is 82.8 Å². The second kappa shape index (κ2) is 7.23. The molecule has 6 nitrogen and oxygen atoms in total. The molecule has 0 spiro atoms. The van der Waals surface area contributed by atoms with Crippen LogP contribution in [0.25, 0.3) is 22.7 Å². The summed E-state index contributed by atoms with van der Waals surface area (Å²) in [6.45, 7) is 0. The van der Waals surface area contributed by atoms with Gasteiger partial charge in [-0.3, -0.25) is 0 Å². The van der Waals surface area contributed by atoms with Gasteiger partial charge in [-0.05, 0) is 24.3 Å². The van der Waals surface area contributed by atoms with Crippen LogP contribution >= 0.6 is 23.4 Å². The van der Waals surface area contributed by atoms with E-state index in [1.807, 2.05) is 48.5 Å². The summed E-state index contributed by atoms with van der Waals surface area (Å²) in [5.74, 6) is 8.02. The van der Waals surface area contributed by atoms with E-state index in [0.29, 0.717) is 21.8 Å². The van der Waals surface area contributed by atoms with Crippen LogP contribution in [0.1, 0.15) is 5.69 Å². The summed E-state index contributed by atoms with van der Waals surface area (Å²) in [6.07, 6.45) is 0. The fourth-order valence-electron chi connectivity index (χ4n) is 2.43. The Balaban J connectivity index is 1.47. The van der Waals surface area contributed by atoms with Crippen LogP contribution in [0.5, 0.6) is 0 Å². The third-order valence-electron chi connectivity index (χ3n) is 3.73. The van der Waals surface area contributed by atoms with E-state index < -0.39 is 0 Å². The van der Waals surface area contributed by atoms with E-state index in [0.717, 1.165) is 22.6 Å². The predicted octanol–water partition coefficient (Wildman–Crippen LogP) is 4.26. The lowest BCUT2D eigenvalue weighted by molar-refractivity contribution is 0.426. The highest BCUT2D eigenvalue weighted by Gasteiger charge is 2.14. The van der Waals surface area contributed by atoms with Crippen molar-refractivity contribution in [3.63, 3.8) is 0 Å². The van der Waals surface area contributed by atoms with Crippen molar-refractivity contribution in [3.05, 3.63) is 71.4 Å². The molecule has 0 aliphatic rings. The second-order valence-electron chi connectivity index (χ2n) is 5.52. The fraction of sp³-hybridized carbons (Fsp3) is 0.0556. The van der Waals surface area contributed by atoms with E-state index in [9.17, 15) is 0 Å². The minimum atomic E-state index is 0.576. The highest BCUT2D eigenvalue weighted by atomic mass is 35.5. The molecular formula is C18H14ClN5OS. The molecule has 0 aliphatic carbocycles. The van der Waals surface area contributed by atoms with Crippen LogP contribution in [0, 0.1) is 0 Å². The molecule has 2 aromatic heterocycles. The summed E-state index contributed by atoms with van der Waals surface area (Å²) in [4.78, 5) is 0. The summed E-state index contributed by atoms with van der Waals surface area (Å²) in [7, 11) is 0. The van der Waals surface area contributed by atoms with Gasteiger partial charge in [0.1, 0.15) is 0 Å². The highest BCUT2D eigenvalue weighted by molar-refractivity contribution is 7.98. The molecule has 0 bridgehead atoms. The van der Waals surface area contributed by atoms with E-state index >= 15 is 0 Å². The van der Waals surface area contributed by atoms with Gasteiger partial charge >= 0.3 is 0 Å². The maximum atomic E-state index is 6.13. The molecule has 26 heavy (non-hydrogen) atoms. The first-order valence-corrected chi connectivity index (χ1v) is 9.17. The van der Waals surface area contributed by atoms with Crippen molar-refractivity contribution >= 4 is 23.4 Å². The normalized spacial score (nSPS) is 11.0. The van der Waals surface area contributed by atoms with Crippen LogP contribution in [-0.4, -0.2) is 20.0 Å². The Bertz CT molecular complexity index is 1010. The van der Waals surface area contributed by atoms with Gasteiger partial charge in [0.05, 0.1) is 5.69 Å². The lowest BCUT2D eigenvalue weighted by Gasteiger charge is -2.03. The van der Waals surface area contributed by atoms with Crippen LogP contribution < -0.4 is 5.84 Å². The zero-order chi connectivity index (χ0) is 17.9. The average molecular weight is 384 g/mol. The predicted molar refractivity (Wildman–Crippen MR) is 102 cm³/mol. The Kier molecular flexibility index (Phi) is 4.64. The largest absolute Gasteiger partial charge is 0.356 e. The standard InChI is InChI=1S/C18H14ClN5OS/c19-14-8-6-13(7-9-14)17-21-22-18(24(17)20)26-11-15-10-16(25-23-15)12-4-2-1-3-5-12/h1-10H,11,20H2. The molecule has 130 valence electrons. The molecule has 2 aromatic carbocycles. The number of benzene rings is 2. The number of aromatic nitrogens is 4. The first-order valence-electron chi connectivity index (χ1n) is 7.81. The van der Waals surface area contributed by atoms with Crippen LogP contribution in [0.3, 0.4) is 0 Å². The summed E-state index contributed by atoms with van der Waals surface area (Å²) in [5, 5.41) is 13.7. The van der Waals surface area contributed by atoms with Crippen molar-refractivity contribution in [1.82, 2.24) is 20.0 Å². The molecule has 0 amide bonds. The molecule has 8 heteroatoms. The summed E-state index contributed by atoms with van der Waals surface area (Å²) >= 11 is 7.36. The SMILES string of the molecule is Nn1c(SCc2cc(-c3ccccc3)on2)nnc1-c1ccc(Cl)cc1. The van der Waals surface area contributed by atoms with Gasteiger partial charge in [-0.25, -0.2) is 4.68 Å². The fourth-order valence-corrected chi connectivity index (χ4v) is 3.29. The number of thioether (sulfide) groups is 1. The first kappa shape index (κ1) is 16.7. The van der Waals surface area contributed by atoms with Crippen molar-refractivity contribution in [2.45, 2.75) is 10.9 Å². The van der Waals surface area contributed by atoms with E-state index in [1.165, 1.54) is 16.4 Å². The minimum absolute atomic E-state index is 0.576. The number of nitrogens with zero attached hydrogens (tertiary/aromatic N) is 4. The van der Waals surface area contributed by atoms with Crippen molar-refractivity contribution in [2.75, 3.05) is 5.84 Å². The maximum absolute atomic E-state index is 6.13. The van der Waals surface area contributed by atoms with E-state index in [-0.39, 0.29) is 0 Å². The monoisotopic (exact) mass is 383 g/mol. The van der Waals surface area contributed by atoms with E-state index in [4.69, 9.17) is 22.0 Å². The van der Waals surface area contributed by atoms with Gasteiger partial charge in [-0.2, -0.15) is 0 Å². The molecule has 0 saturated heterocycles. The molecule has 0 aliphatic heterocycles. The van der Waals surface area contributed by atoms with Crippen molar-refractivity contribution < 1.29 is 4.52 Å². The average Bonchev–Trinajstić information content (AvgIpc) is 3.29. The lowest BCUT2D eigenvalue weighted by Crippen LogP contribution is -2.11.